The summed E-state index contributed by atoms with van der Waals surface area (Å²) in [6, 6.07) is 2.73. The lowest BCUT2D eigenvalue weighted by molar-refractivity contribution is 0.247. The molecule has 0 aromatic carbocycles. The van der Waals surface area contributed by atoms with Crippen LogP contribution in [0.2, 0.25) is 0 Å². The molecule has 0 saturated carbocycles. The van der Waals surface area contributed by atoms with Gasteiger partial charge in [-0.2, -0.15) is 4.31 Å². The SMILES string of the molecule is CN1C2CCC1CN(S(=O)(=O)c1sccc1Br)CC2. The van der Waals surface area contributed by atoms with Crippen molar-refractivity contribution in [2.24, 2.45) is 0 Å². The first-order valence-electron chi connectivity index (χ1n) is 6.45. The molecule has 2 fully saturated rings. The molecule has 0 radical (unpaired) electrons. The van der Waals surface area contributed by atoms with Gasteiger partial charge in [0.05, 0.1) is 0 Å². The van der Waals surface area contributed by atoms with Gasteiger partial charge in [-0.05, 0) is 53.7 Å². The fourth-order valence-electron chi connectivity index (χ4n) is 3.08. The van der Waals surface area contributed by atoms with E-state index in [9.17, 15) is 8.42 Å². The van der Waals surface area contributed by atoms with Crippen LogP contribution in [0.1, 0.15) is 19.3 Å². The van der Waals surface area contributed by atoms with Crippen molar-refractivity contribution >= 4 is 37.3 Å². The molecule has 106 valence electrons. The van der Waals surface area contributed by atoms with Crippen molar-refractivity contribution < 1.29 is 8.42 Å². The van der Waals surface area contributed by atoms with Crippen LogP contribution < -0.4 is 0 Å². The second-order valence-electron chi connectivity index (χ2n) is 5.26. The molecule has 3 rings (SSSR count). The second kappa shape index (κ2) is 5.11. The molecule has 0 aliphatic carbocycles. The fourth-order valence-corrected chi connectivity index (χ4v) is 7.02. The quantitative estimate of drug-likeness (QED) is 0.808. The van der Waals surface area contributed by atoms with Gasteiger partial charge in [0.2, 0.25) is 0 Å². The molecule has 0 spiro atoms. The van der Waals surface area contributed by atoms with Gasteiger partial charge in [-0.25, -0.2) is 8.42 Å². The molecule has 4 nitrogen and oxygen atoms in total. The maximum atomic E-state index is 12.7. The lowest BCUT2D eigenvalue weighted by Gasteiger charge is -2.24. The minimum atomic E-state index is -3.34. The van der Waals surface area contributed by atoms with Crippen LogP contribution in [0.15, 0.2) is 20.1 Å². The molecule has 2 saturated heterocycles. The van der Waals surface area contributed by atoms with Crippen LogP contribution in [0.25, 0.3) is 0 Å². The highest BCUT2D eigenvalue weighted by Gasteiger charge is 2.39. The van der Waals surface area contributed by atoms with E-state index in [0.29, 0.717) is 33.9 Å². The molecule has 2 aliphatic rings. The standard InChI is InChI=1S/C12H17BrN2O2S2/c1-14-9-2-3-10(14)8-15(6-4-9)19(16,17)12-11(13)5-7-18-12/h5,7,9-10H,2-4,6,8H2,1H3. The number of nitrogens with zero attached hydrogens (tertiary/aromatic N) is 2. The van der Waals surface area contributed by atoms with Crippen LogP contribution in [-0.4, -0.2) is 49.8 Å². The topological polar surface area (TPSA) is 40.6 Å². The van der Waals surface area contributed by atoms with E-state index in [-0.39, 0.29) is 0 Å². The maximum Gasteiger partial charge on any atom is 0.253 e. The van der Waals surface area contributed by atoms with Crippen LogP contribution >= 0.6 is 27.3 Å². The molecule has 1 aromatic heterocycles. The zero-order valence-electron chi connectivity index (χ0n) is 10.8. The van der Waals surface area contributed by atoms with Gasteiger partial charge in [0, 0.05) is 29.6 Å². The van der Waals surface area contributed by atoms with E-state index in [1.54, 1.807) is 10.4 Å². The Hall–Kier alpha value is 0.0500. The van der Waals surface area contributed by atoms with Crippen molar-refractivity contribution in [3.63, 3.8) is 0 Å². The Labute approximate surface area is 126 Å². The summed E-state index contributed by atoms with van der Waals surface area (Å²) in [6.45, 7) is 1.26. The van der Waals surface area contributed by atoms with Crippen LogP contribution in [0.4, 0.5) is 0 Å². The third kappa shape index (κ3) is 2.40. The third-order valence-electron chi connectivity index (χ3n) is 4.27. The second-order valence-corrected chi connectivity index (χ2v) is 9.16. The molecular formula is C12H17BrN2O2S2. The number of thiophene rings is 1. The molecule has 0 N–H and O–H groups in total. The molecule has 2 unspecified atom stereocenters. The van der Waals surface area contributed by atoms with Crippen molar-refractivity contribution in [2.45, 2.75) is 35.6 Å². The lowest BCUT2D eigenvalue weighted by atomic mass is 10.1. The molecule has 0 amide bonds. The Balaban J connectivity index is 1.89. The van der Waals surface area contributed by atoms with Crippen LogP contribution in [0, 0.1) is 0 Å². The van der Waals surface area contributed by atoms with E-state index in [4.69, 9.17) is 0 Å². The van der Waals surface area contributed by atoms with Gasteiger partial charge in [0.15, 0.2) is 0 Å². The molecule has 19 heavy (non-hydrogen) atoms. The monoisotopic (exact) mass is 364 g/mol. The summed E-state index contributed by atoms with van der Waals surface area (Å²) in [7, 11) is -1.22. The van der Waals surface area contributed by atoms with E-state index < -0.39 is 10.0 Å². The number of hydrogen-bond donors (Lipinski definition) is 0. The van der Waals surface area contributed by atoms with Crippen molar-refractivity contribution in [1.29, 1.82) is 0 Å². The van der Waals surface area contributed by atoms with E-state index >= 15 is 0 Å². The number of hydrogen-bond acceptors (Lipinski definition) is 4. The fraction of sp³-hybridized carbons (Fsp3) is 0.667. The van der Waals surface area contributed by atoms with Gasteiger partial charge in [-0.3, -0.25) is 4.90 Å². The van der Waals surface area contributed by atoms with E-state index in [0.717, 1.165) is 12.8 Å². The normalized spacial score (nSPS) is 29.6. The number of rotatable bonds is 2. The maximum absolute atomic E-state index is 12.7. The largest absolute Gasteiger partial charge is 0.299 e. The number of fused-ring (bicyclic) bond motifs is 2. The highest BCUT2D eigenvalue weighted by molar-refractivity contribution is 9.10. The highest BCUT2D eigenvalue weighted by atomic mass is 79.9. The van der Waals surface area contributed by atoms with Crippen molar-refractivity contribution in [2.75, 3.05) is 20.1 Å². The first-order valence-corrected chi connectivity index (χ1v) is 9.56. The summed E-state index contributed by atoms with van der Waals surface area (Å²) < 4.78 is 28.2. The van der Waals surface area contributed by atoms with E-state index in [1.807, 2.05) is 5.38 Å². The van der Waals surface area contributed by atoms with E-state index in [1.165, 1.54) is 17.8 Å². The first-order chi connectivity index (χ1) is 9.00. The summed E-state index contributed by atoms with van der Waals surface area (Å²) in [6.07, 6.45) is 3.26. The molecule has 2 bridgehead atoms. The Morgan fingerprint density at radius 2 is 2.05 bits per heavy atom. The predicted octanol–water partition coefficient (Wildman–Crippen LogP) is 2.37. The predicted molar refractivity (Wildman–Crippen MR) is 80.0 cm³/mol. The number of sulfonamides is 1. The smallest absolute Gasteiger partial charge is 0.253 e. The van der Waals surface area contributed by atoms with Gasteiger partial charge in [-0.1, -0.05) is 0 Å². The van der Waals surface area contributed by atoms with Gasteiger partial charge >= 0.3 is 0 Å². The van der Waals surface area contributed by atoms with Crippen molar-refractivity contribution in [1.82, 2.24) is 9.21 Å². The molecule has 7 heteroatoms. The number of halogens is 1. The molecular weight excluding hydrogens is 348 g/mol. The minimum absolute atomic E-state index is 0.376. The Morgan fingerprint density at radius 1 is 1.32 bits per heavy atom. The van der Waals surface area contributed by atoms with E-state index in [2.05, 4.69) is 27.9 Å². The Morgan fingerprint density at radius 3 is 2.74 bits per heavy atom. The summed E-state index contributed by atoms with van der Waals surface area (Å²) in [5.41, 5.74) is 0. The molecule has 3 heterocycles. The lowest BCUT2D eigenvalue weighted by Crippen LogP contribution is -2.39. The summed E-state index contributed by atoms with van der Waals surface area (Å²) >= 11 is 4.62. The summed E-state index contributed by atoms with van der Waals surface area (Å²) in [5.74, 6) is 0. The van der Waals surface area contributed by atoms with Gasteiger partial charge in [0.25, 0.3) is 10.0 Å². The Bertz CT molecular complexity index is 572. The van der Waals surface area contributed by atoms with Crippen LogP contribution in [-0.2, 0) is 10.0 Å². The van der Waals surface area contributed by atoms with Crippen molar-refractivity contribution in [3.8, 4) is 0 Å². The minimum Gasteiger partial charge on any atom is -0.299 e. The first kappa shape index (κ1) is 14.0. The summed E-state index contributed by atoms with van der Waals surface area (Å²) in [5, 5.41) is 1.81. The van der Waals surface area contributed by atoms with Gasteiger partial charge in [-0.15, -0.1) is 11.3 Å². The zero-order chi connectivity index (χ0) is 13.6. The zero-order valence-corrected chi connectivity index (χ0v) is 14.0. The van der Waals surface area contributed by atoms with Gasteiger partial charge < -0.3 is 0 Å². The molecule has 2 aliphatic heterocycles. The average Bonchev–Trinajstić information content (AvgIpc) is 2.84. The third-order valence-corrected chi connectivity index (χ3v) is 8.78. The summed E-state index contributed by atoms with van der Waals surface area (Å²) in [4.78, 5) is 2.36. The van der Waals surface area contributed by atoms with Crippen LogP contribution in [0.5, 0.6) is 0 Å². The molecule has 2 atom stereocenters. The number of likely N-dealkylation sites (N-methyl/N-ethyl adjacent to an activating group) is 1. The molecule has 1 aromatic rings. The Kier molecular flexibility index (Phi) is 3.77. The van der Waals surface area contributed by atoms with Gasteiger partial charge in [0.1, 0.15) is 4.21 Å². The van der Waals surface area contributed by atoms with Crippen molar-refractivity contribution in [3.05, 3.63) is 15.9 Å². The van der Waals surface area contributed by atoms with Crippen LogP contribution in [0.3, 0.4) is 0 Å². The average molecular weight is 365 g/mol. The highest BCUT2D eigenvalue weighted by Crippen LogP contribution is 2.34.